The van der Waals surface area contributed by atoms with Gasteiger partial charge in [0.15, 0.2) is 0 Å². The molecule has 3 heteroatoms. The molecule has 0 fully saturated rings. The molecule has 0 saturated carbocycles. The smallest absolute Gasteiger partial charge is 0.127 e. The number of hydrogen-bond donors (Lipinski definition) is 1. The third kappa shape index (κ3) is 1.61. The maximum Gasteiger partial charge on any atom is 0.127 e. The number of hydrogen-bond acceptors (Lipinski definition) is 3. The summed E-state index contributed by atoms with van der Waals surface area (Å²) in [6.45, 7) is 1.95. The van der Waals surface area contributed by atoms with Crippen molar-refractivity contribution >= 4 is 16.6 Å². The van der Waals surface area contributed by atoms with Crippen LogP contribution in [0.4, 0.5) is 5.69 Å². The molecule has 0 amide bonds. The lowest BCUT2D eigenvalue weighted by atomic mass is 10.1. The van der Waals surface area contributed by atoms with E-state index in [1.807, 2.05) is 44.1 Å². The fraction of sp³-hybridized carbons (Fsp3) is 0.250. The molecule has 2 rings (SSSR count). The summed E-state index contributed by atoms with van der Waals surface area (Å²) in [7, 11) is 3.92. The van der Waals surface area contributed by atoms with Crippen molar-refractivity contribution in [2.24, 2.45) is 0 Å². The van der Waals surface area contributed by atoms with Crippen molar-refractivity contribution in [2.45, 2.75) is 6.92 Å². The molecule has 0 saturated heterocycles. The van der Waals surface area contributed by atoms with E-state index in [0.29, 0.717) is 0 Å². The van der Waals surface area contributed by atoms with Gasteiger partial charge in [0.2, 0.25) is 0 Å². The Kier molecular flexibility index (Phi) is 2.23. The second-order valence-electron chi connectivity index (χ2n) is 3.85. The van der Waals surface area contributed by atoms with Crippen LogP contribution in [0.2, 0.25) is 0 Å². The van der Waals surface area contributed by atoms with Gasteiger partial charge in [-0.25, -0.2) is 0 Å². The van der Waals surface area contributed by atoms with E-state index >= 15 is 0 Å². The maximum absolute atomic E-state index is 9.83. The topological polar surface area (TPSA) is 36.4 Å². The molecule has 3 nitrogen and oxygen atoms in total. The normalized spacial score (nSPS) is 10.6. The van der Waals surface area contributed by atoms with Gasteiger partial charge in [-0.15, -0.1) is 0 Å². The number of fused-ring (bicyclic) bond motifs is 1. The summed E-state index contributed by atoms with van der Waals surface area (Å²) in [6.07, 6.45) is 0. The molecule has 0 aliphatic rings. The second-order valence-corrected chi connectivity index (χ2v) is 3.85. The third-order valence-electron chi connectivity index (χ3n) is 2.40. The SMILES string of the molecule is Cc1cc(N(C)C)c2c(O)cccc2n1. The predicted octanol–water partition coefficient (Wildman–Crippen LogP) is 2.31. The van der Waals surface area contributed by atoms with Gasteiger partial charge in [0.25, 0.3) is 0 Å². The van der Waals surface area contributed by atoms with Gasteiger partial charge >= 0.3 is 0 Å². The Morgan fingerprint density at radius 3 is 2.67 bits per heavy atom. The molecule has 1 aromatic carbocycles. The molecule has 0 aliphatic carbocycles. The molecular weight excluding hydrogens is 188 g/mol. The molecule has 2 aromatic rings. The number of aromatic nitrogens is 1. The molecule has 1 N–H and O–H groups in total. The molecule has 0 radical (unpaired) electrons. The van der Waals surface area contributed by atoms with Crippen molar-refractivity contribution in [1.29, 1.82) is 0 Å². The standard InChI is InChI=1S/C12H14N2O/c1-8-7-10(14(2)3)12-9(13-8)5-4-6-11(12)15/h4-7,15H,1-3H3. The summed E-state index contributed by atoms with van der Waals surface area (Å²) in [5.41, 5.74) is 2.78. The Labute approximate surface area is 89.0 Å². The zero-order valence-electron chi connectivity index (χ0n) is 9.15. The van der Waals surface area contributed by atoms with Crippen LogP contribution < -0.4 is 4.90 Å². The average Bonchev–Trinajstić information content (AvgIpc) is 2.16. The van der Waals surface area contributed by atoms with Crippen molar-refractivity contribution in [2.75, 3.05) is 19.0 Å². The highest BCUT2D eigenvalue weighted by molar-refractivity contribution is 5.96. The first kappa shape index (κ1) is 9.77. The Morgan fingerprint density at radius 1 is 1.27 bits per heavy atom. The molecule has 1 heterocycles. The number of benzene rings is 1. The van der Waals surface area contributed by atoms with Gasteiger partial charge in [0.1, 0.15) is 5.75 Å². The van der Waals surface area contributed by atoms with Crippen molar-refractivity contribution < 1.29 is 5.11 Å². The lowest BCUT2D eigenvalue weighted by Gasteiger charge is -2.16. The molecule has 15 heavy (non-hydrogen) atoms. The Hall–Kier alpha value is -1.77. The van der Waals surface area contributed by atoms with Crippen LogP contribution in [0.1, 0.15) is 5.69 Å². The molecule has 0 unspecified atom stereocenters. The number of pyridine rings is 1. The molecule has 0 atom stereocenters. The predicted molar refractivity (Wildman–Crippen MR) is 62.5 cm³/mol. The van der Waals surface area contributed by atoms with Crippen molar-refractivity contribution in [3.8, 4) is 5.75 Å². The number of aryl methyl sites for hydroxylation is 1. The van der Waals surface area contributed by atoms with Crippen LogP contribution in [-0.2, 0) is 0 Å². The highest BCUT2D eigenvalue weighted by atomic mass is 16.3. The fourth-order valence-corrected chi connectivity index (χ4v) is 1.73. The van der Waals surface area contributed by atoms with E-state index in [1.54, 1.807) is 6.07 Å². The van der Waals surface area contributed by atoms with Crippen LogP contribution in [0.3, 0.4) is 0 Å². The summed E-state index contributed by atoms with van der Waals surface area (Å²) in [5.74, 6) is 0.281. The number of phenols is 1. The van der Waals surface area contributed by atoms with E-state index < -0.39 is 0 Å². The van der Waals surface area contributed by atoms with E-state index in [1.165, 1.54) is 0 Å². The zero-order valence-corrected chi connectivity index (χ0v) is 9.15. The van der Waals surface area contributed by atoms with Gasteiger partial charge in [-0.1, -0.05) is 6.07 Å². The van der Waals surface area contributed by atoms with Crippen molar-refractivity contribution in [3.05, 3.63) is 30.0 Å². The molecule has 78 valence electrons. The van der Waals surface area contributed by atoms with Crippen LogP contribution in [-0.4, -0.2) is 24.2 Å². The minimum Gasteiger partial charge on any atom is -0.507 e. The van der Waals surface area contributed by atoms with Crippen LogP contribution >= 0.6 is 0 Å². The highest BCUT2D eigenvalue weighted by Crippen LogP contribution is 2.32. The second kappa shape index (κ2) is 3.42. The summed E-state index contributed by atoms with van der Waals surface area (Å²) in [6, 6.07) is 7.38. The van der Waals surface area contributed by atoms with Gasteiger partial charge in [-0.2, -0.15) is 0 Å². The zero-order chi connectivity index (χ0) is 11.0. The number of anilines is 1. The van der Waals surface area contributed by atoms with Gasteiger partial charge in [-0.05, 0) is 25.1 Å². The van der Waals surface area contributed by atoms with Gasteiger partial charge in [0, 0.05) is 19.8 Å². The first-order chi connectivity index (χ1) is 7.09. The molecule has 1 aromatic heterocycles. The van der Waals surface area contributed by atoms with Gasteiger partial charge < -0.3 is 10.0 Å². The number of aromatic hydroxyl groups is 1. The summed E-state index contributed by atoms with van der Waals surface area (Å²) in [5, 5.41) is 10.6. The van der Waals surface area contributed by atoms with Gasteiger partial charge in [-0.3, -0.25) is 4.98 Å². The van der Waals surface area contributed by atoms with Crippen LogP contribution in [0.5, 0.6) is 5.75 Å². The summed E-state index contributed by atoms with van der Waals surface area (Å²) in [4.78, 5) is 6.38. The Balaban J connectivity index is 2.88. The van der Waals surface area contributed by atoms with E-state index in [0.717, 1.165) is 22.3 Å². The molecular formula is C12H14N2O. The lowest BCUT2D eigenvalue weighted by molar-refractivity contribution is 0.481. The van der Waals surface area contributed by atoms with Crippen molar-refractivity contribution in [1.82, 2.24) is 4.98 Å². The largest absolute Gasteiger partial charge is 0.507 e. The Morgan fingerprint density at radius 2 is 2.00 bits per heavy atom. The minimum atomic E-state index is 0.281. The molecule has 0 bridgehead atoms. The van der Waals surface area contributed by atoms with Crippen molar-refractivity contribution in [3.63, 3.8) is 0 Å². The summed E-state index contributed by atoms with van der Waals surface area (Å²) < 4.78 is 0. The minimum absolute atomic E-state index is 0.281. The fourth-order valence-electron chi connectivity index (χ4n) is 1.73. The van der Waals surface area contributed by atoms with E-state index in [2.05, 4.69) is 4.98 Å². The number of phenolic OH excluding ortho intramolecular Hbond substituents is 1. The quantitative estimate of drug-likeness (QED) is 0.771. The van der Waals surface area contributed by atoms with Gasteiger partial charge in [0.05, 0.1) is 16.6 Å². The first-order valence-electron chi connectivity index (χ1n) is 4.86. The maximum atomic E-state index is 9.83. The lowest BCUT2D eigenvalue weighted by Crippen LogP contribution is -2.09. The molecule has 0 aliphatic heterocycles. The van der Waals surface area contributed by atoms with Crippen LogP contribution in [0.15, 0.2) is 24.3 Å². The van der Waals surface area contributed by atoms with E-state index in [-0.39, 0.29) is 5.75 Å². The van der Waals surface area contributed by atoms with E-state index in [4.69, 9.17) is 0 Å². The van der Waals surface area contributed by atoms with E-state index in [9.17, 15) is 5.11 Å². The third-order valence-corrected chi connectivity index (χ3v) is 2.40. The molecule has 0 spiro atoms. The van der Waals surface area contributed by atoms with Crippen LogP contribution in [0, 0.1) is 6.92 Å². The monoisotopic (exact) mass is 202 g/mol. The van der Waals surface area contributed by atoms with Crippen LogP contribution in [0.25, 0.3) is 10.9 Å². The number of nitrogens with zero attached hydrogens (tertiary/aromatic N) is 2. The summed E-state index contributed by atoms with van der Waals surface area (Å²) >= 11 is 0. The number of rotatable bonds is 1. The Bertz CT molecular complexity index is 506. The first-order valence-corrected chi connectivity index (χ1v) is 4.86. The highest BCUT2D eigenvalue weighted by Gasteiger charge is 2.09. The average molecular weight is 202 g/mol.